The molecule has 1 N–H and O–H groups in total. The molecule has 1 aliphatic rings. The van der Waals surface area contributed by atoms with Gasteiger partial charge in [-0.2, -0.15) is 0 Å². The van der Waals surface area contributed by atoms with Gasteiger partial charge in [-0.25, -0.2) is 9.78 Å². The van der Waals surface area contributed by atoms with Gasteiger partial charge in [0.25, 0.3) is 0 Å². The third-order valence-electron chi connectivity index (χ3n) is 3.03. The van der Waals surface area contributed by atoms with E-state index in [0.29, 0.717) is 12.2 Å². The average Bonchev–Trinajstić information content (AvgIpc) is 2.85. The van der Waals surface area contributed by atoms with Crippen LogP contribution in [-0.4, -0.2) is 33.7 Å². The minimum atomic E-state index is -0.296. The van der Waals surface area contributed by atoms with E-state index in [1.54, 1.807) is 31.5 Å². The number of carbonyl (C=O) groups excluding carboxylic acids is 1. The molecule has 3 heterocycles. The molecule has 2 aromatic heterocycles. The van der Waals surface area contributed by atoms with Crippen molar-refractivity contribution in [3.05, 3.63) is 48.3 Å². The number of rotatable bonds is 2. The monoisotopic (exact) mass is 288 g/mol. The third kappa shape index (κ3) is 4.68. The third-order valence-corrected chi connectivity index (χ3v) is 3.03. The first-order chi connectivity index (χ1) is 10.3. The zero-order valence-corrected chi connectivity index (χ0v) is 12.2. The zero-order valence-electron chi connectivity index (χ0n) is 12.2. The number of hydrogen-bond acceptors (Lipinski definition) is 5. The number of aromatic nitrogens is 3. The molecule has 0 saturated carbocycles. The van der Waals surface area contributed by atoms with Crippen LogP contribution < -0.4 is 5.32 Å². The van der Waals surface area contributed by atoms with Crippen molar-refractivity contribution in [1.29, 1.82) is 0 Å². The first-order valence-electron chi connectivity index (χ1n) is 7.09. The van der Waals surface area contributed by atoms with E-state index in [1.165, 1.54) is 6.42 Å². The summed E-state index contributed by atoms with van der Waals surface area (Å²) >= 11 is 0. The van der Waals surface area contributed by atoms with Gasteiger partial charge in [0.05, 0.1) is 18.7 Å². The fraction of sp³-hybridized carbons (Fsp3) is 0.400. The highest BCUT2D eigenvalue weighted by Crippen LogP contribution is 2.02. The summed E-state index contributed by atoms with van der Waals surface area (Å²) < 4.78 is 6.97. The van der Waals surface area contributed by atoms with E-state index in [4.69, 9.17) is 4.74 Å². The summed E-state index contributed by atoms with van der Waals surface area (Å²) in [7, 11) is 0. The SMILES string of the molecule is CCOC(=O)c1ccncc1.c1cn2c(n1)CNCCC2. The molecule has 2 aromatic rings. The summed E-state index contributed by atoms with van der Waals surface area (Å²) in [6.07, 6.45) is 8.24. The fourth-order valence-corrected chi connectivity index (χ4v) is 1.99. The maximum atomic E-state index is 11.0. The first kappa shape index (κ1) is 15.2. The lowest BCUT2D eigenvalue weighted by Gasteiger charge is -1.98. The van der Waals surface area contributed by atoms with Crippen LogP contribution in [-0.2, 0) is 17.8 Å². The molecule has 1 aliphatic heterocycles. The molecular weight excluding hydrogens is 268 g/mol. The number of fused-ring (bicyclic) bond motifs is 1. The summed E-state index contributed by atoms with van der Waals surface area (Å²) in [6.45, 7) is 5.33. The molecular formula is C15H20N4O2. The predicted octanol–water partition coefficient (Wildman–Crippen LogP) is 1.63. The minimum absolute atomic E-state index is 0.296. The molecule has 0 atom stereocenters. The van der Waals surface area contributed by atoms with Gasteiger partial charge >= 0.3 is 5.97 Å². The van der Waals surface area contributed by atoms with Crippen LogP contribution in [0.1, 0.15) is 29.5 Å². The molecule has 112 valence electrons. The van der Waals surface area contributed by atoms with E-state index in [2.05, 4.69) is 19.9 Å². The number of hydrogen-bond donors (Lipinski definition) is 1. The Morgan fingerprint density at radius 2 is 2.19 bits per heavy atom. The van der Waals surface area contributed by atoms with Crippen LogP contribution in [0, 0.1) is 0 Å². The fourth-order valence-electron chi connectivity index (χ4n) is 1.99. The summed E-state index contributed by atoms with van der Waals surface area (Å²) in [5, 5.41) is 3.31. The van der Waals surface area contributed by atoms with Crippen molar-refractivity contribution in [1.82, 2.24) is 19.9 Å². The second-order valence-electron chi connectivity index (χ2n) is 4.52. The molecule has 0 spiro atoms. The Labute approximate surface area is 124 Å². The lowest BCUT2D eigenvalue weighted by atomic mass is 10.3. The molecule has 6 nitrogen and oxygen atoms in total. The van der Waals surface area contributed by atoms with E-state index in [1.807, 2.05) is 12.4 Å². The Kier molecular flexibility index (Phi) is 5.90. The first-order valence-corrected chi connectivity index (χ1v) is 7.09. The molecule has 0 aliphatic carbocycles. The molecule has 0 amide bonds. The van der Waals surface area contributed by atoms with Gasteiger partial charge in [-0.15, -0.1) is 0 Å². The molecule has 0 unspecified atom stereocenters. The van der Waals surface area contributed by atoms with Crippen molar-refractivity contribution < 1.29 is 9.53 Å². The van der Waals surface area contributed by atoms with Crippen LogP contribution >= 0.6 is 0 Å². The average molecular weight is 288 g/mol. The number of carbonyl (C=O) groups is 1. The Hall–Kier alpha value is -2.21. The van der Waals surface area contributed by atoms with E-state index >= 15 is 0 Å². The van der Waals surface area contributed by atoms with Gasteiger partial charge in [-0.3, -0.25) is 4.98 Å². The normalized spacial score (nSPS) is 13.4. The van der Waals surface area contributed by atoms with Crippen LogP contribution in [0.4, 0.5) is 0 Å². The van der Waals surface area contributed by atoms with Gasteiger partial charge in [0.1, 0.15) is 5.82 Å². The molecule has 3 rings (SSSR count). The smallest absolute Gasteiger partial charge is 0.338 e. The number of nitrogens with zero attached hydrogens (tertiary/aromatic N) is 3. The predicted molar refractivity (Wildman–Crippen MR) is 78.7 cm³/mol. The van der Waals surface area contributed by atoms with Crippen molar-refractivity contribution in [2.45, 2.75) is 26.4 Å². The lowest BCUT2D eigenvalue weighted by molar-refractivity contribution is 0.0526. The van der Waals surface area contributed by atoms with Gasteiger partial charge < -0.3 is 14.6 Å². The van der Waals surface area contributed by atoms with Crippen molar-refractivity contribution in [3.8, 4) is 0 Å². The van der Waals surface area contributed by atoms with Gasteiger partial charge in [-0.1, -0.05) is 0 Å². The van der Waals surface area contributed by atoms with Crippen LogP contribution in [0.3, 0.4) is 0 Å². The second-order valence-corrected chi connectivity index (χ2v) is 4.52. The van der Waals surface area contributed by atoms with Crippen molar-refractivity contribution in [3.63, 3.8) is 0 Å². The number of aryl methyl sites for hydroxylation is 1. The summed E-state index contributed by atoms with van der Waals surface area (Å²) in [5.74, 6) is 0.868. The van der Waals surface area contributed by atoms with Crippen LogP contribution in [0.2, 0.25) is 0 Å². The number of imidazole rings is 1. The highest BCUT2D eigenvalue weighted by atomic mass is 16.5. The van der Waals surface area contributed by atoms with Crippen LogP contribution in [0.15, 0.2) is 36.9 Å². The number of esters is 1. The van der Waals surface area contributed by atoms with Crippen LogP contribution in [0.5, 0.6) is 0 Å². The van der Waals surface area contributed by atoms with Crippen molar-refractivity contribution >= 4 is 5.97 Å². The molecule has 0 saturated heterocycles. The number of pyridine rings is 1. The summed E-state index contributed by atoms with van der Waals surface area (Å²) in [5.41, 5.74) is 0.543. The molecule has 21 heavy (non-hydrogen) atoms. The maximum absolute atomic E-state index is 11.0. The summed E-state index contributed by atoms with van der Waals surface area (Å²) in [6, 6.07) is 3.25. The molecule has 0 bridgehead atoms. The van der Waals surface area contributed by atoms with Crippen molar-refractivity contribution in [2.24, 2.45) is 0 Å². The van der Waals surface area contributed by atoms with E-state index < -0.39 is 0 Å². The van der Waals surface area contributed by atoms with Gasteiger partial charge in [0, 0.05) is 31.3 Å². The zero-order chi connectivity index (χ0) is 14.9. The lowest BCUT2D eigenvalue weighted by Crippen LogP contribution is -2.12. The Morgan fingerprint density at radius 3 is 2.95 bits per heavy atom. The largest absolute Gasteiger partial charge is 0.462 e. The highest BCUT2D eigenvalue weighted by Gasteiger charge is 2.05. The standard InChI is InChI=1S/C8H9NO2.C7H11N3/c1-2-11-8(10)7-3-5-9-6-4-7;1-2-8-6-7-9-3-5-10(7)4-1/h3-6H,2H2,1H3;3,5,8H,1-2,4,6H2. The Balaban J connectivity index is 0.000000154. The number of nitrogens with one attached hydrogen (secondary N) is 1. The van der Waals surface area contributed by atoms with Gasteiger partial charge in [0.15, 0.2) is 0 Å². The van der Waals surface area contributed by atoms with E-state index in [0.717, 1.165) is 25.5 Å². The number of ether oxygens (including phenoxy) is 1. The highest BCUT2D eigenvalue weighted by molar-refractivity contribution is 5.89. The van der Waals surface area contributed by atoms with Crippen LogP contribution in [0.25, 0.3) is 0 Å². The Bertz CT molecular complexity index is 533. The van der Waals surface area contributed by atoms with Gasteiger partial charge in [0.2, 0.25) is 0 Å². The topological polar surface area (TPSA) is 69.0 Å². The summed E-state index contributed by atoms with van der Waals surface area (Å²) in [4.78, 5) is 19.0. The molecule has 0 radical (unpaired) electrons. The molecule has 6 heteroatoms. The van der Waals surface area contributed by atoms with E-state index in [9.17, 15) is 4.79 Å². The quantitative estimate of drug-likeness (QED) is 0.851. The van der Waals surface area contributed by atoms with E-state index in [-0.39, 0.29) is 5.97 Å². The minimum Gasteiger partial charge on any atom is -0.462 e. The molecule has 0 aromatic carbocycles. The van der Waals surface area contributed by atoms with Crippen molar-refractivity contribution in [2.75, 3.05) is 13.2 Å². The second kappa shape index (κ2) is 8.16. The van der Waals surface area contributed by atoms with Gasteiger partial charge in [-0.05, 0) is 32.0 Å². The Morgan fingerprint density at radius 1 is 1.38 bits per heavy atom. The maximum Gasteiger partial charge on any atom is 0.338 e. The molecule has 0 fully saturated rings.